The third-order valence-corrected chi connectivity index (χ3v) is 3.24. The number of rotatable bonds is 3. The molecule has 0 fully saturated rings. The van der Waals surface area contributed by atoms with Crippen molar-refractivity contribution in [3.63, 3.8) is 0 Å². The molecule has 0 radical (unpaired) electrons. The van der Waals surface area contributed by atoms with Gasteiger partial charge in [-0.25, -0.2) is 0 Å². The Morgan fingerprint density at radius 2 is 1.90 bits per heavy atom. The Morgan fingerprint density at radius 1 is 1.10 bits per heavy atom. The van der Waals surface area contributed by atoms with Crippen molar-refractivity contribution >= 4 is 5.91 Å². The SMILES string of the molecule is CN(Cc1ccccc1)C(=O)c1cccc2c1OCO2. The number of nitrogens with zero attached hydrogens (tertiary/aromatic N) is 1. The van der Waals surface area contributed by atoms with Crippen molar-refractivity contribution in [2.24, 2.45) is 0 Å². The Balaban J connectivity index is 1.81. The molecule has 0 N–H and O–H groups in total. The maximum Gasteiger partial charge on any atom is 0.257 e. The molecule has 20 heavy (non-hydrogen) atoms. The number of hydrogen-bond acceptors (Lipinski definition) is 3. The molecule has 1 aliphatic heterocycles. The molecule has 0 aromatic heterocycles. The monoisotopic (exact) mass is 269 g/mol. The van der Waals surface area contributed by atoms with Gasteiger partial charge in [0.15, 0.2) is 11.5 Å². The van der Waals surface area contributed by atoms with Crippen LogP contribution in [0.15, 0.2) is 48.5 Å². The summed E-state index contributed by atoms with van der Waals surface area (Å²) in [5.74, 6) is 1.09. The predicted octanol–water partition coefficient (Wildman–Crippen LogP) is 2.69. The van der Waals surface area contributed by atoms with E-state index >= 15 is 0 Å². The van der Waals surface area contributed by atoms with Gasteiger partial charge in [-0.3, -0.25) is 4.79 Å². The molecule has 0 saturated heterocycles. The van der Waals surface area contributed by atoms with Crippen molar-refractivity contribution in [3.8, 4) is 11.5 Å². The van der Waals surface area contributed by atoms with Crippen LogP contribution in [-0.4, -0.2) is 24.6 Å². The normalized spacial score (nSPS) is 12.2. The summed E-state index contributed by atoms with van der Waals surface area (Å²) in [6, 6.07) is 15.2. The first-order valence-electron chi connectivity index (χ1n) is 6.44. The van der Waals surface area contributed by atoms with Crippen molar-refractivity contribution in [3.05, 3.63) is 59.7 Å². The second kappa shape index (κ2) is 5.25. The van der Waals surface area contributed by atoms with Gasteiger partial charge in [-0.15, -0.1) is 0 Å². The molecular formula is C16H15NO3. The number of benzene rings is 2. The maximum atomic E-state index is 12.5. The van der Waals surface area contributed by atoms with Gasteiger partial charge in [0.1, 0.15) is 0 Å². The van der Waals surface area contributed by atoms with E-state index in [9.17, 15) is 4.79 Å². The summed E-state index contributed by atoms with van der Waals surface area (Å²) in [5, 5.41) is 0. The number of fused-ring (bicyclic) bond motifs is 1. The minimum absolute atomic E-state index is 0.0730. The number of amides is 1. The molecule has 0 atom stereocenters. The molecule has 1 amide bonds. The Hall–Kier alpha value is -2.49. The fourth-order valence-electron chi connectivity index (χ4n) is 2.23. The van der Waals surface area contributed by atoms with Crippen LogP contribution in [0.2, 0.25) is 0 Å². The van der Waals surface area contributed by atoms with Gasteiger partial charge in [0, 0.05) is 13.6 Å². The summed E-state index contributed by atoms with van der Waals surface area (Å²) in [5.41, 5.74) is 1.63. The zero-order valence-corrected chi connectivity index (χ0v) is 11.2. The quantitative estimate of drug-likeness (QED) is 0.860. The standard InChI is InChI=1S/C16H15NO3/c1-17(10-12-6-3-2-4-7-12)16(18)13-8-5-9-14-15(13)20-11-19-14/h2-9H,10-11H2,1H3. The first kappa shape index (κ1) is 12.5. The lowest BCUT2D eigenvalue weighted by Crippen LogP contribution is -2.26. The summed E-state index contributed by atoms with van der Waals surface area (Å²) < 4.78 is 10.7. The van der Waals surface area contributed by atoms with Crippen molar-refractivity contribution in [1.82, 2.24) is 4.90 Å². The molecule has 1 aliphatic rings. The average molecular weight is 269 g/mol. The van der Waals surface area contributed by atoms with E-state index in [1.165, 1.54) is 0 Å². The van der Waals surface area contributed by atoms with Gasteiger partial charge in [0.2, 0.25) is 6.79 Å². The summed E-state index contributed by atoms with van der Waals surface area (Å²) >= 11 is 0. The van der Waals surface area contributed by atoms with Gasteiger partial charge in [-0.2, -0.15) is 0 Å². The third kappa shape index (κ3) is 2.32. The van der Waals surface area contributed by atoms with Crippen LogP contribution >= 0.6 is 0 Å². The molecule has 2 aromatic carbocycles. The van der Waals surface area contributed by atoms with Crippen molar-refractivity contribution in [2.75, 3.05) is 13.8 Å². The second-order valence-corrected chi connectivity index (χ2v) is 4.69. The topological polar surface area (TPSA) is 38.8 Å². The van der Waals surface area contributed by atoms with E-state index in [-0.39, 0.29) is 12.7 Å². The van der Waals surface area contributed by atoms with Crippen LogP contribution in [-0.2, 0) is 6.54 Å². The molecule has 2 aromatic rings. The Labute approximate surface area is 117 Å². The molecule has 1 heterocycles. The highest BCUT2D eigenvalue weighted by atomic mass is 16.7. The summed E-state index contributed by atoms with van der Waals surface area (Å²) in [6.45, 7) is 0.728. The molecule has 4 heteroatoms. The van der Waals surface area contributed by atoms with E-state index in [4.69, 9.17) is 9.47 Å². The third-order valence-electron chi connectivity index (χ3n) is 3.24. The minimum Gasteiger partial charge on any atom is -0.454 e. The zero-order chi connectivity index (χ0) is 13.9. The molecular weight excluding hydrogens is 254 g/mol. The molecule has 3 rings (SSSR count). The van der Waals surface area contributed by atoms with E-state index in [0.29, 0.717) is 23.6 Å². The Kier molecular flexibility index (Phi) is 3.29. The first-order valence-corrected chi connectivity index (χ1v) is 6.44. The highest BCUT2D eigenvalue weighted by Gasteiger charge is 2.23. The predicted molar refractivity (Wildman–Crippen MR) is 74.8 cm³/mol. The number of para-hydroxylation sites is 1. The van der Waals surface area contributed by atoms with Crippen molar-refractivity contribution in [2.45, 2.75) is 6.54 Å². The van der Waals surface area contributed by atoms with Crippen LogP contribution in [0.25, 0.3) is 0 Å². The summed E-state index contributed by atoms with van der Waals surface area (Å²) in [7, 11) is 1.78. The molecule has 0 spiro atoms. The summed E-state index contributed by atoms with van der Waals surface area (Å²) in [4.78, 5) is 14.2. The lowest BCUT2D eigenvalue weighted by Gasteiger charge is -2.18. The minimum atomic E-state index is -0.0730. The number of hydrogen-bond donors (Lipinski definition) is 0. The second-order valence-electron chi connectivity index (χ2n) is 4.69. The van der Waals surface area contributed by atoms with Crippen molar-refractivity contribution in [1.29, 1.82) is 0 Å². The highest BCUT2D eigenvalue weighted by molar-refractivity contribution is 5.97. The van der Waals surface area contributed by atoms with Gasteiger partial charge in [-0.05, 0) is 17.7 Å². The van der Waals surface area contributed by atoms with Crippen LogP contribution in [0.1, 0.15) is 15.9 Å². The number of ether oxygens (including phenoxy) is 2. The van der Waals surface area contributed by atoms with Crippen LogP contribution < -0.4 is 9.47 Å². The van der Waals surface area contributed by atoms with Gasteiger partial charge >= 0.3 is 0 Å². The Morgan fingerprint density at radius 3 is 2.70 bits per heavy atom. The fourth-order valence-corrected chi connectivity index (χ4v) is 2.23. The summed E-state index contributed by atoms with van der Waals surface area (Å²) in [6.07, 6.45) is 0. The van der Waals surface area contributed by atoms with Crippen LogP contribution in [0.3, 0.4) is 0 Å². The number of carbonyl (C=O) groups excluding carboxylic acids is 1. The van der Waals surface area contributed by atoms with Gasteiger partial charge in [-0.1, -0.05) is 36.4 Å². The maximum absolute atomic E-state index is 12.5. The molecule has 4 nitrogen and oxygen atoms in total. The average Bonchev–Trinajstić information content (AvgIpc) is 2.96. The molecule has 102 valence electrons. The van der Waals surface area contributed by atoms with Gasteiger partial charge in [0.25, 0.3) is 5.91 Å². The van der Waals surface area contributed by atoms with Crippen LogP contribution in [0, 0.1) is 0 Å². The van der Waals surface area contributed by atoms with Crippen molar-refractivity contribution < 1.29 is 14.3 Å². The van der Waals surface area contributed by atoms with E-state index in [2.05, 4.69) is 0 Å². The smallest absolute Gasteiger partial charge is 0.257 e. The van der Waals surface area contributed by atoms with E-state index in [1.807, 2.05) is 30.3 Å². The van der Waals surface area contributed by atoms with E-state index in [1.54, 1.807) is 30.1 Å². The largest absolute Gasteiger partial charge is 0.454 e. The fraction of sp³-hybridized carbons (Fsp3) is 0.188. The van der Waals surface area contributed by atoms with Crippen LogP contribution in [0.4, 0.5) is 0 Å². The first-order chi connectivity index (χ1) is 9.75. The van der Waals surface area contributed by atoms with Gasteiger partial charge < -0.3 is 14.4 Å². The molecule has 0 saturated carbocycles. The highest BCUT2D eigenvalue weighted by Crippen LogP contribution is 2.35. The van der Waals surface area contributed by atoms with E-state index < -0.39 is 0 Å². The van der Waals surface area contributed by atoms with Crippen LogP contribution in [0.5, 0.6) is 11.5 Å². The number of carbonyl (C=O) groups is 1. The zero-order valence-electron chi connectivity index (χ0n) is 11.2. The molecule has 0 aliphatic carbocycles. The molecule has 0 bridgehead atoms. The Bertz CT molecular complexity index is 625. The lowest BCUT2D eigenvalue weighted by molar-refractivity contribution is 0.0780. The molecule has 0 unspecified atom stereocenters. The van der Waals surface area contributed by atoms with E-state index in [0.717, 1.165) is 5.56 Å². The lowest BCUT2D eigenvalue weighted by atomic mass is 10.1. The van der Waals surface area contributed by atoms with Gasteiger partial charge in [0.05, 0.1) is 5.56 Å².